The van der Waals surface area contributed by atoms with Crippen molar-refractivity contribution in [1.29, 1.82) is 0 Å². The molecule has 0 amide bonds. The third kappa shape index (κ3) is 3.34. The van der Waals surface area contributed by atoms with Gasteiger partial charge in [0, 0.05) is 11.1 Å². The van der Waals surface area contributed by atoms with E-state index < -0.39 is 6.23 Å². The van der Waals surface area contributed by atoms with E-state index in [1.807, 2.05) is 65.6 Å². The third-order valence-electron chi connectivity index (χ3n) is 3.52. The van der Waals surface area contributed by atoms with E-state index in [9.17, 15) is 4.79 Å². The zero-order valence-corrected chi connectivity index (χ0v) is 12.9. The van der Waals surface area contributed by atoms with E-state index in [1.165, 1.54) is 0 Å². The summed E-state index contributed by atoms with van der Waals surface area (Å²) in [5.74, 6) is 0.329. The Kier molecular flexibility index (Phi) is 4.57. The molecule has 0 aliphatic carbocycles. The Hall–Kier alpha value is -2.82. The minimum absolute atomic E-state index is 0.0845. The summed E-state index contributed by atoms with van der Waals surface area (Å²) in [4.78, 5) is 19.4. The van der Waals surface area contributed by atoms with Crippen LogP contribution in [0.4, 0.5) is 0 Å². The molecular weight excluding hydrogens is 292 g/mol. The van der Waals surface area contributed by atoms with E-state index in [-0.39, 0.29) is 12.5 Å². The number of hydrogen-bond donors (Lipinski definition) is 0. The van der Waals surface area contributed by atoms with Gasteiger partial charge in [0.05, 0.1) is 6.61 Å². The lowest BCUT2D eigenvalue weighted by Crippen LogP contribution is -2.36. The number of carbonyl (C=O) groups is 1. The van der Waals surface area contributed by atoms with Crippen molar-refractivity contribution >= 4 is 11.8 Å². The molecule has 0 N–H and O–H groups in total. The van der Waals surface area contributed by atoms with Gasteiger partial charge < -0.3 is 14.5 Å². The van der Waals surface area contributed by atoms with Crippen molar-refractivity contribution in [3.05, 3.63) is 71.8 Å². The lowest BCUT2D eigenvalue weighted by Gasteiger charge is -2.24. The first kappa shape index (κ1) is 15.1. The summed E-state index contributed by atoms with van der Waals surface area (Å²) in [5, 5.41) is 4.19. The quantitative estimate of drug-likeness (QED) is 0.797. The highest BCUT2D eigenvalue weighted by molar-refractivity contribution is 6.00. The van der Waals surface area contributed by atoms with Crippen LogP contribution in [0.1, 0.15) is 24.3 Å². The minimum atomic E-state index is -0.434. The average Bonchev–Trinajstić information content (AvgIpc) is 3.00. The van der Waals surface area contributed by atoms with Crippen LogP contribution in [0, 0.1) is 0 Å². The molecule has 0 aromatic heterocycles. The molecule has 1 atom stereocenters. The van der Waals surface area contributed by atoms with Crippen molar-refractivity contribution in [3.8, 4) is 0 Å². The Bertz CT molecular complexity index is 686. The molecule has 0 radical (unpaired) electrons. The fourth-order valence-electron chi connectivity index (χ4n) is 2.49. The summed E-state index contributed by atoms with van der Waals surface area (Å²) >= 11 is 0. The first-order valence-corrected chi connectivity index (χ1v) is 7.56. The van der Waals surface area contributed by atoms with Crippen LogP contribution in [0.25, 0.3) is 0 Å². The minimum Gasteiger partial charge on any atom is -0.465 e. The maximum atomic E-state index is 12.0. The van der Waals surface area contributed by atoms with Crippen LogP contribution in [0.3, 0.4) is 0 Å². The molecule has 2 aromatic rings. The van der Waals surface area contributed by atoms with Crippen LogP contribution in [0.2, 0.25) is 0 Å². The molecule has 5 heteroatoms. The summed E-state index contributed by atoms with van der Waals surface area (Å²) in [7, 11) is 0. The largest absolute Gasteiger partial charge is 0.465 e. The van der Waals surface area contributed by atoms with Crippen molar-refractivity contribution in [2.45, 2.75) is 13.2 Å². The average molecular weight is 310 g/mol. The normalized spacial score (nSPS) is 16.7. The Morgan fingerprint density at radius 1 is 1.13 bits per heavy atom. The van der Waals surface area contributed by atoms with Gasteiger partial charge in [-0.25, -0.2) is 0 Å². The van der Waals surface area contributed by atoms with Gasteiger partial charge in [0.25, 0.3) is 0 Å². The van der Waals surface area contributed by atoms with Gasteiger partial charge in [-0.05, 0) is 6.92 Å². The number of hydrogen-bond acceptors (Lipinski definition) is 5. The number of carbonyl (C=O) groups excluding carboxylic acids is 1. The lowest BCUT2D eigenvalue weighted by atomic mass is 10.1. The van der Waals surface area contributed by atoms with Gasteiger partial charge in [-0.3, -0.25) is 4.79 Å². The van der Waals surface area contributed by atoms with Gasteiger partial charge in [0.15, 0.2) is 5.84 Å². The molecule has 118 valence electrons. The van der Waals surface area contributed by atoms with Crippen molar-refractivity contribution in [2.75, 3.05) is 13.2 Å². The van der Waals surface area contributed by atoms with Crippen molar-refractivity contribution in [3.63, 3.8) is 0 Å². The van der Waals surface area contributed by atoms with Gasteiger partial charge in [0.1, 0.15) is 6.54 Å². The maximum Gasteiger partial charge on any atom is 0.325 e. The molecule has 2 aromatic carbocycles. The number of amidine groups is 1. The van der Waals surface area contributed by atoms with Crippen molar-refractivity contribution in [2.24, 2.45) is 5.16 Å². The van der Waals surface area contributed by atoms with Gasteiger partial charge in [-0.15, -0.1) is 0 Å². The van der Waals surface area contributed by atoms with Gasteiger partial charge >= 0.3 is 5.97 Å². The molecule has 0 saturated carbocycles. The SMILES string of the molecule is CCOC(=O)CN1C(c2ccccc2)=NOC1c1ccccc1. The second-order valence-corrected chi connectivity index (χ2v) is 5.08. The molecule has 0 bridgehead atoms. The van der Waals surface area contributed by atoms with Gasteiger partial charge in [-0.2, -0.15) is 0 Å². The zero-order chi connectivity index (χ0) is 16.1. The fourth-order valence-corrected chi connectivity index (χ4v) is 2.49. The number of ether oxygens (including phenoxy) is 1. The number of benzene rings is 2. The van der Waals surface area contributed by atoms with Crippen LogP contribution in [0.15, 0.2) is 65.8 Å². The number of nitrogens with zero attached hydrogens (tertiary/aromatic N) is 2. The molecule has 5 nitrogen and oxygen atoms in total. The van der Waals surface area contributed by atoms with Crippen LogP contribution in [-0.2, 0) is 14.4 Å². The molecule has 1 aliphatic heterocycles. The second-order valence-electron chi connectivity index (χ2n) is 5.08. The van der Waals surface area contributed by atoms with Crippen LogP contribution in [0.5, 0.6) is 0 Å². The number of rotatable bonds is 5. The van der Waals surface area contributed by atoms with Gasteiger partial charge in [-0.1, -0.05) is 65.8 Å². The highest BCUT2D eigenvalue weighted by Crippen LogP contribution is 2.30. The second kappa shape index (κ2) is 6.96. The maximum absolute atomic E-state index is 12.0. The van der Waals surface area contributed by atoms with Crippen LogP contribution < -0.4 is 0 Å². The van der Waals surface area contributed by atoms with E-state index in [1.54, 1.807) is 6.92 Å². The monoisotopic (exact) mass is 310 g/mol. The Morgan fingerprint density at radius 3 is 2.43 bits per heavy atom. The number of oxime groups is 1. The predicted molar refractivity (Wildman–Crippen MR) is 86.6 cm³/mol. The molecular formula is C18H18N2O3. The molecule has 0 saturated heterocycles. The van der Waals surface area contributed by atoms with Crippen molar-refractivity contribution < 1.29 is 14.4 Å². The molecule has 23 heavy (non-hydrogen) atoms. The Labute approximate surface area is 135 Å². The molecule has 1 aliphatic rings. The molecule has 0 fully saturated rings. The smallest absolute Gasteiger partial charge is 0.325 e. The molecule has 1 heterocycles. The standard InChI is InChI=1S/C18H18N2O3/c1-2-22-16(21)13-20-17(14-9-5-3-6-10-14)19-23-18(20)15-11-7-4-8-12-15/h3-12,18H,2,13H2,1H3. The van der Waals surface area contributed by atoms with E-state index >= 15 is 0 Å². The van der Waals surface area contributed by atoms with E-state index in [4.69, 9.17) is 9.57 Å². The van der Waals surface area contributed by atoms with E-state index in [0.717, 1.165) is 11.1 Å². The third-order valence-corrected chi connectivity index (χ3v) is 3.52. The summed E-state index contributed by atoms with van der Waals surface area (Å²) in [6.07, 6.45) is -0.434. The molecule has 1 unspecified atom stereocenters. The Balaban J connectivity index is 1.89. The highest BCUT2D eigenvalue weighted by atomic mass is 16.7. The Morgan fingerprint density at radius 2 is 1.78 bits per heavy atom. The predicted octanol–water partition coefficient (Wildman–Crippen LogP) is 2.94. The van der Waals surface area contributed by atoms with Gasteiger partial charge in [0.2, 0.25) is 6.23 Å². The highest BCUT2D eigenvalue weighted by Gasteiger charge is 2.34. The van der Waals surface area contributed by atoms with Crippen LogP contribution >= 0.6 is 0 Å². The van der Waals surface area contributed by atoms with Crippen molar-refractivity contribution in [1.82, 2.24) is 4.90 Å². The molecule has 3 rings (SSSR count). The molecule has 0 spiro atoms. The fraction of sp³-hybridized carbons (Fsp3) is 0.222. The van der Waals surface area contributed by atoms with Crippen LogP contribution in [-0.4, -0.2) is 29.9 Å². The first-order chi connectivity index (χ1) is 11.3. The first-order valence-electron chi connectivity index (χ1n) is 7.56. The topological polar surface area (TPSA) is 51.1 Å². The zero-order valence-electron chi connectivity index (χ0n) is 12.9. The summed E-state index contributed by atoms with van der Waals surface area (Å²) in [5.41, 5.74) is 1.83. The van der Waals surface area contributed by atoms with E-state index in [0.29, 0.717) is 12.4 Å². The summed E-state index contributed by atoms with van der Waals surface area (Å²) in [6.45, 7) is 2.22. The summed E-state index contributed by atoms with van der Waals surface area (Å²) < 4.78 is 5.08. The number of esters is 1. The lowest BCUT2D eigenvalue weighted by molar-refractivity contribution is -0.145. The van der Waals surface area contributed by atoms with E-state index in [2.05, 4.69) is 5.16 Å². The summed E-state index contributed by atoms with van der Waals surface area (Å²) in [6, 6.07) is 19.4.